The van der Waals surface area contributed by atoms with E-state index in [1.165, 1.54) is 11.8 Å². The third-order valence-electron chi connectivity index (χ3n) is 5.35. The zero-order chi connectivity index (χ0) is 20.4. The van der Waals surface area contributed by atoms with Crippen LogP contribution in [0.5, 0.6) is 0 Å². The first-order chi connectivity index (χ1) is 13.9. The summed E-state index contributed by atoms with van der Waals surface area (Å²) in [5.41, 5.74) is 2.03. The Morgan fingerprint density at radius 2 is 1.93 bits per heavy atom. The van der Waals surface area contributed by atoms with Gasteiger partial charge in [0, 0.05) is 49.1 Å². The largest absolute Gasteiger partial charge is 0.417 e. The molecule has 4 rings (SSSR count). The van der Waals surface area contributed by atoms with Crippen molar-refractivity contribution in [3.63, 3.8) is 0 Å². The molecule has 0 spiro atoms. The number of hydrogen-bond donors (Lipinski definition) is 1. The number of halogens is 3. The zero-order valence-corrected chi connectivity index (χ0v) is 16.2. The Labute approximate surface area is 167 Å². The number of alkyl halides is 3. The number of piperidine rings is 1. The number of pyridine rings is 2. The van der Waals surface area contributed by atoms with Crippen LogP contribution >= 0.6 is 0 Å². The minimum atomic E-state index is -4.36. The van der Waals surface area contributed by atoms with Gasteiger partial charge in [-0.1, -0.05) is 13.0 Å². The zero-order valence-electron chi connectivity index (χ0n) is 16.2. The monoisotopic (exact) mass is 400 g/mol. The van der Waals surface area contributed by atoms with Gasteiger partial charge < -0.3 is 10.2 Å². The molecule has 1 saturated heterocycles. The van der Waals surface area contributed by atoms with Crippen LogP contribution in [-0.4, -0.2) is 29.1 Å². The van der Waals surface area contributed by atoms with Crippen LogP contribution in [0.3, 0.4) is 0 Å². The van der Waals surface area contributed by atoms with Gasteiger partial charge in [-0.05, 0) is 48.7 Å². The maximum absolute atomic E-state index is 12.7. The van der Waals surface area contributed by atoms with E-state index in [2.05, 4.69) is 39.2 Å². The van der Waals surface area contributed by atoms with Gasteiger partial charge in [0.2, 0.25) is 0 Å². The lowest BCUT2D eigenvalue weighted by Crippen LogP contribution is -2.48. The summed E-state index contributed by atoms with van der Waals surface area (Å²) in [6.07, 6.45) is -0.645. The van der Waals surface area contributed by atoms with Gasteiger partial charge in [0.25, 0.3) is 0 Å². The second kappa shape index (κ2) is 7.99. The summed E-state index contributed by atoms with van der Waals surface area (Å²) in [5.74, 6) is 0.494. The number of rotatable bonds is 4. The first-order valence-electron chi connectivity index (χ1n) is 9.74. The fraction of sp³-hybridized carbons (Fsp3) is 0.364. The smallest absolute Gasteiger partial charge is 0.369 e. The molecular formula is C22H23F3N4. The van der Waals surface area contributed by atoms with Gasteiger partial charge in [-0.25, -0.2) is 0 Å². The molecule has 1 N–H and O–H groups in total. The Morgan fingerprint density at radius 3 is 2.69 bits per heavy atom. The molecule has 4 nitrogen and oxygen atoms in total. The molecule has 1 aromatic carbocycles. The van der Waals surface area contributed by atoms with E-state index in [1.54, 1.807) is 6.20 Å². The third-order valence-corrected chi connectivity index (χ3v) is 5.35. The molecule has 0 amide bonds. The highest BCUT2D eigenvalue weighted by molar-refractivity contribution is 5.91. The van der Waals surface area contributed by atoms with E-state index in [0.717, 1.165) is 42.7 Å². The lowest BCUT2D eigenvalue weighted by atomic mass is 9.94. The fourth-order valence-corrected chi connectivity index (χ4v) is 4.00. The number of nitrogens with one attached hydrogen (secondary N) is 1. The van der Waals surface area contributed by atoms with Gasteiger partial charge in [-0.2, -0.15) is 13.2 Å². The van der Waals surface area contributed by atoms with Gasteiger partial charge in [0.1, 0.15) is 0 Å². The molecule has 0 bridgehead atoms. The number of anilines is 1. The van der Waals surface area contributed by atoms with Crippen LogP contribution in [0.25, 0.3) is 10.9 Å². The predicted octanol–water partition coefficient (Wildman–Crippen LogP) is 4.65. The fourth-order valence-electron chi connectivity index (χ4n) is 4.00. The standard InChI is InChI=1S/C22H23F3N4/c1-15-10-18(28-12-17-8-7-16(11-27-17)22(23,24)25)14-29(13-15)21-6-2-5-20-19(21)4-3-9-26-20/h2-9,11,15,18,28H,10,12-14H2,1H3/t15-,18+/m0/s1. The van der Waals surface area contributed by atoms with E-state index < -0.39 is 11.7 Å². The van der Waals surface area contributed by atoms with Gasteiger partial charge in [-0.15, -0.1) is 0 Å². The second-order valence-corrected chi connectivity index (χ2v) is 7.71. The number of aromatic nitrogens is 2. The molecule has 1 fully saturated rings. The molecule has 0 unspecified atom stereocenters. The van der Waals surface area contributed by atoms with Crippen LogP contribution < -0.4 is 10.2 Å². The maximum Gasteiger partial charge on any atom is 0.417 e. The lowest BCUT2D eigenvalue weighted by Gasteiger charge is -2.39. The van der Waals surface area contributed by atoms with E-state index in [0.29, 0.717) is 18.2 Å². The Hall–Kier alpha value is -2.67. The predicted molar refractivity (Wildman–Crippen MR) is 108 cm³/mol. The van der Waals surface area contributed by atoms with Crippen molar-refractivity contribution in [2.24, 2.45) is 5.92 Å². The first kappa shape index (κ1) is 19.6. The van der Waals surface area contributed by atoms with Crippen LogP contribution in [0.2, 0.25) is 0 Å². The molecule has 0 radical (unpaired) electrons. The molecule has 0 aliphatic carbocycles. The van der Waals surface area contributed by atoms with Crippen LogP contribution in [0, 0.1) is 5.92 Å². The van der Waals surface area contributed by atoms with Crippen LogP contribution in [0.1, 0.15) is 24.6 Å². The normalized spacial score (nSPS) is 20.2. The summed E-state index contributed by atoms with van der Waals surface area (Å²) in [7, 11) is 0. The average Bonchev–Trinajstić information content (AvgIpc) is 2.71. The number of benzene rings is 1. The Morgan fingerprint density at radius 1 is 1.07 bits per heavy atom. The highest BCUT2D eigenvalue weighted by Gasteiger charge is 2.30. The minimum absolute atomic E-state index is 0.231. The highest BCUT2D eigenvalue weighted by atomic mass is 19.4. The van der Waals surface area contributed by atoms with Crippen molar-refractivity contribution in [2.45, 2.75) is 32.1 Å². The maximum atomic E-state index is 12.7. The quantitative estimate of drug-likeness (QED) is 0.692. The number of fused-ring (bicyclic) bond motifs is 1. The van der Waals surface area contributed by atoms with Crippen molar-refractivity contribution in [3.05, 3.63) is 66.1 Å². The highest BCUT2D eigenvalue weighted by Crippen LogP contribution is 2.30. The van der Waals surface area contributed by atoms with Gasteiger partial charge in [0.05, 0.1) is 16.8 Å². The summed E-state index contributed by atoms with van der Waals surface area (Å²) in [6.45, 7) is 4.46. The van der Waals surface area contributed by atoms with E-state index in [4.69, 9.17) is 0 Å². The Bertz CT molecular complexity index is 966. The third kappa shape index (κ3) is 4.50. The average molecular weight is 400 g/mol. The van der Waals surface area contributed by atoms with Gasteiger partial charge in [0.15, 0.2) is 0 Å². The lowest BCUT2D eigenvalue weighted by molar-refractivity contribution is -0.137. The van der Waals surface area contributed by atoms with Gasteiger partial charge in [-0.3, -0.25) is 9.97 Å². The molecule has 3 aromatic rings. The summed E-state index contributed by atoms with van der Waals surface area (Å²) >= 11 is 0. The van der Waals surface area contributed by atoms with Crippen molar-refractivity contribution in [3.8, 4) is 0 Å². The van der Waals surface area contributed by atoms with Crippen molar-refractivity contribution in [1.29, 1.82) is 0 Å². The number of hydrogen-bond acceptors (Lipinski definition) is 4. The molecule has 2 aromatic heterocycles. The SMILES string of the molecule is C[C@H]1C[C@@H](NCc2ccc(C(F)(F)F)cn2)CN(c2cccc3ncccc23)C1. The molecule has 3 heterocycles. The first-order valence-corrected chi connectivity index (χ1v) is 9.74. The molecule has 29 heavy (non-hydrogen) atoms. The molecule has 1 aliphatic heterocycles. The molecular weight excluding hydrogens is 377 g/mol. The van der Waals surface area contributed by atoms with Crippen LogP contribution in [0.15, 0.2) is 54.9 Å². The van der Waals surface area contributed by atoms with Crippen molar-refractivity contribution in [1.82, 2.24) is 15.3 Å². The van der Waals surface area contributed by atoms with E-state index in [1.807, 2.05) is 18.2 Å². The summed E-state index contributed by atoms with van der Waals surface area (Å²) in [6, 6.07) is 13.0. The summed E-state index contributed by atoms with van der Waals surface area (Å²) < 4.78 is 38.1. The molecule has 152 valence electrons. The van der Waals surface area contributed by atoms with E-state index in [-0.39, 0.29) is 6.04 Å². The van der Waals surface area contributed by atoms with Crippen LogP contribution in [-0.2, 0) is 12.7 Å². The minimum Gasteiger partial charge on any atom is -0.369 e. The summed E-state index contributed by atoms with van der Waals surface area (Å²) in [4.78, 5) is 10.8. The summed E-state index contributed by atoms with van der Waals surface area (Å²) in [5, 5.41) is 4.60. The van der Waals surface area contributed by atoms with Crippen molar-refractivity contribution < 1.29 is 13.2 Å². The second-order valence-electron chi connectivity index (χ2n) is 7.71. The van der Waals surface area contributed by atoms with Crippen LogP contribution in [0.4, 0.5) is 18.9 Å². The Kier molecular flexibility index (Phi) is 5.41. The van der Waals surface area contributed by atoms with Crippen molar-refractivity contribution in [2.75, 3.05) is 18.0 Å². The Balaban J connectivity index is 1.45. The number of nitrogens with zero attached hydrogens (tertiary/aromatic N) is 3. The van der Waals surface area contributed by atoms with E-state index in [9.17, 15) is 13.2 Å². The van der Waals surface area contributed by atoms with E-state index >= 15 is 0 Å². The molecule has 1 aliphatic rings. The van der Waals surface area contributed by atoms with Gasteiger partial charge >= 0.3 is 6.18 Å². The molecule has 0 saturated carbocycles. The molecule has 2 atom stereocenters. The van der Waals surface area contributed by atoms with Crippen molar-refractivity contribution >= 4 is 16.6 Å². The molecule has 7 heteroatoms. The topological polar surface area (TPSA) is 41.1 Å².